The molecular formula is C23H33IN6O. The smallest absolute Gasteiger partial charge is 0.192 e. The number of fused-ring (bicyclic) bond motifs is 1. The maximum absolute atomic E-state index is 5.81. The molecule has 0 saturated heterocycles. The zero-order chi connectivity index (χ0) is 20.8. The summed E-state index contributed by atoms with van der Waals surface area (Å²) in [5.41, 5.74) is 2.75. The van der Waals surface area contributed by atoms with Gasteiger partial charge in [-0.3, -0.25) is 0 Å². The van der Waals surface area contributed by atoms with Gasteiger partial charge in [0.2, 0.25) is 0 Å². The molecule has 168 valence electrons. The lowest BCUT2D eigenvalue weighted by molar-refractivity contribution is 0.261. The fraction of sp³-hybridized carbons (Fsp3) is 0.522. The number of nitrogens with one attached hydrogen (secondary N) is 2. The molecular weight excluding hydrogens is 503 g/mol. The lowest BCUT2D eigenvalue weighted by Crippen LogP contribution is -2.41. The van der Waals surface area contributed by atoms with E-state index in [0.717, 1.165) is 42.7 Å². The number of hydrogen-bond acceptors (Lipinski definition) is 4. The fourth-order valence-corrected chi connectivity index (χ4v) is 4.02. The van der Waals surface area contributed by atoms with Gasteiger partial charge in [0.25, 0.3) is 0 Å². The van der Waals surface area contributed by atoms with Crippen molar-refractivity contribution in [2.45, 2.75) is 58.0 Å². The summed E-state index contributed by atoms with van der Waals surface area (Å²) < 4.78 is 7.80. The van der Waals surface area contributed by atoms with Gasteiger partial charge in [0.15, 0.2) is 11.8 Å². The largest absolute Gasteiger partial charge is 0.493 e. The zero-order valence-corrected chi connectivity index (χ0v) is 20.8. The average Bonchev–Trinajstić information content (AvgIpc) is 3.10. The Hall–Kier alpha value is -2.10. The van der Waals surface area contributed by atoms with E-state index in [0.29, 0.717) is 13.2 Å². The van der Waals surface area contributed by atoms with Gasteiger partial charge in [-0.05, 0) is 45.1 Å². The monoisotopic (exact) mass is 536 g/mol. The SMILES string of the molecule is Cc1nnc(CN=C(NCCC2=CCCCC2)NC2CCOc3ccccc32)n1C.I. The Labute approximate surface area is 201 Å². The molecule has 0 saturated carbocycles. The molecule has 2 N–H and O–H groups in total. The Bertz CT molecular complexity index is 923. The molecule has 8 heteroatoms. The molecule has 0 bridgehead atoms. The van der Waals surface area contributed by atoms with Crippen LogP contribution in [-0.4, -0.2) is 33.9 Å². The standard InChI is InChI=1S/C23H32N6O.HI/c1-17-27-28-22(29(17)2)16-25-23(24-14-12-18-8-4-3-5-9-18)26-20-13-15-30-21-11-7-6-10-19(20)21;/h6-8,10-11,20H,3-5,9,12-16H2,1-2H3,(H2,24,25,26);1H. The molecule has 2 heterocycles. The summed E-state index contributed by atoms with van der Waals surface area (Å²) in [6.07, 6.45) is 9.47. The van der Waals surface area contributed by atoms with E-state index < -0.39 is 0 Å². The molecule has 2 aromatic rings. The summed E-state index contributed by atoms with van der Waals surface area (Å²) in [4.78, 5) is 4.83. The maximum Gasteiger partial charge on any atom is 0.192 e. The van der Waals surface area contributed by atoms with Gasteiger partial charge in [-0.15, -0.1) is 34.2 Å². The van der Waals surface area contributed by atoms with Crippen LogP contribution < -0.4 is 15.4 Å². The number of para-hydroxylation sites is 1. The van der Waals surface area contributed by atoms with Gasteiger partial charge in [-0.25, -0.2) is 4.99 Å². The Balaban J connectivity index is 0.00000272. The molecule has 1 unspecified atom stereocenters. The van der Waals surface area contributed by atoms with E-state index >= 15 is 0 Å². The molecule has 1 aliphatic heterocycles. The molecule has 0 amide bonds. The number of aromatic nitrogens is 3. The summed E-state index contributed by atoms with van der Waals surface area (Å²) in [6, 6.07) is 8.41. The number of benzene rings is 1. The van der Waals surface area contributed by atoms with Crippen LogP contribution in [-0.2, 0) is 13.6 Å². The molecule has 2 aliphatic rings. The molecule has 1 atom stereocenters. The first-order chi connectivity index (χ1) is 14.7. The van der Waals surface area contributed by atoms with Crippen LogP contribution in [0.2, 0.25) is 0 Å². The molecule has 7 nitrogen and oxygen atoms in total. The first-order valence-electron chi connectivity index (χ1n) is 11.0. The van der Waals surface area contributed by atoms with Crippen molar-refractivity contribution in [1.29, 1.82) is 0 Å². The molecule has 0 radical (unpaired) electrons. The van der Waals surface area contributed by atoms with Crippen molar-refractivity contribution in [3.05, 3.63) is 53.1 Å². The lowest BCUT2D eigenvalue weighted by atomic mass is 9.97. The predicted molar refractivity (Wildman–Crippen MR) is 134 cm³/mol. The van der Waals surface area contributed by atoms with Crippen molar-refractivity contribution >= 4 is 29.9 Å². The quantitative estimate of drug-likeness (QED) is 0.251. The zero-order valence-electron chi connectivity index (χ0n) is 18.4. The first kappa shape index (κ1) is 23.6. The molecule has 31 heavy (non-hydrogen) atoms. The minimum absolute atomic E-state index is 0. The van der Waals surface area contributed by atoms with Gasteiger partial charge in [0.1, 0.15) is 18.1 Å². The fourth-order valence-electron chi connectivity index (χ4n) is 4.02. The van der Waals surface area contributed by atoms with E-state index in [4.69, 9.17) is 9.73 Å². The highest BCUT2D eigenvalue weighted by Gasteiger charge is 2.22. The second-order valence-electron chi connectivity index (χ2n) is 8.04. The minimum Gasteiger partial charge on any atom is -0.493 e. The van der Waals surface area contributed by atoms with Crippen molar-refractivity contribution in [2.75, 3.05) is 13.2 Å². The number of guanidine groups is 1. The Morgan fingerprint density at radius 1 is 1.26 bits per heavy atom. The van der Waals surface area contributed by atoms with Crippen LogP contribution in [0.5, 0.6) is 5.75 Å². The van der Waals surface area contributed by atoms with E-state index in [9.17, 15) is 0 Å². The summed E-state index contributed by atoms with van der Waals surface area (Å²) in [5, 5.41) is 15.6. The van der Waals surface area contributed by atoms with Gasteiger partial charge >= 0.3 is 0 Å². The average molecular weight is 536 g/mol. The van der Waals surface area contributed by atoms with Gasteiger partial charge in [-0.1, -0.05) is 29.8 Å². The number of nitrogens with zero attached hydrogens (tertiary/aromatic N) is 4. The third-order valence-electron chi connectivity index (χ3n) is 5.95. The van der Waals surface area contributed by atoms with Crippen LogP contribution in [0.4, 0.5) is 0 Å². The highest BCUT2D eigenvalue weighted by molar-refractivity contribution is 14.0. The number of ether oxygens (including phenoxy) is 1. The third-order valence-corrected chi connectivity index (χ3v) is 5.95. The van der Waals surface area contributed by atoms with Crippen LogP contribution in [0.25, 0.3) is 0 Å². The predicted octanol–water partition coefficient (Wildman–Crippen LogP) is 4.19. The van der Waals surface area contributed by atoms with Crippen LogP contribution in [0, 0.1) is 6.92 Å². The summed E-state index contributed by atoms with van der Waals surface area (Å²) >= 11 is 0. The Morgan fingerprint density at radius 3 is 2.90 bits per heavy atom. The third kappa shape index (κ3) is 6.21. The second-order valence-corrected chi connectivity index (χ2v) is 8.04. The van der Waals surface area contributed by atoms with E-state index in [1.165, 1.54) is 31.2 Å². The number of hydrogen-bond donors (Lipinski definition) is 2. The molecule has 0 fully saturated rings. The first-order valence-corrected chi connectivity index (χ1v) is 11.0. The lowest BCUT2D eigenvalue weighted by Gasteiger charge is -2.28. The topological polar surface area (TPSA) is 76.4 Å². The molecule has 1 aromatic carbocycles. The van der Waals surface area contributed by atoms with Crippen LogP contribution in [0.1, 0.15) is 61.8 Å². The van der Waals surface area contributed by atoms with Crippen LogP contribution in [0.15, 0.2) is 40.9 Å². The number of halogens is 1. The van der Waals surface area contributed by atoms with Crippen molar-refractivity contribution in [2.24, 2.45) is 12.0 Å². The van der Waals surface area contributed by atoms with E-state index in [1.807, 2.05) is 30.7 Å². The van der Waals surface area contributed by atoms with E-state index in [2.05, 4.69) is 39.0 Å². The molecule has 0 spiro atoms. The summed E-state index contributed by atoms with van der Waals surface area (Å²) in [7, 11) is 1.98. The number of aliphatic imine (C=N–C) groups is 1. The van der Waals surface area contributed by atoms with Gasteiger partial charge in [0, 0.05) is 25.6 Å². The van der Waals surface area contributed by atoms with Crippen molar-refractivity contribution in [3.8, 4) is 5.75 Å². The normalized spacial score (nSPS) is 18.3. The van der Waals surface area contributed by atoms with Gasteiger partial charge in [-0.2, -0.15) is 0 Å². The maximum atomic E-state index is 5.81. The van der Waals surface area contributed by atoms with Gasteiger partial charge in [0.05, 0.1) is 12.6 Å². The summed E-state index contributed by atoms with van der Waals surface area (Å²) in [6.45, 7) is 4.02. The second kappa shape index (κ2) is 11.5. The van der Waals surface area contributed by atoms with Crippen molar-refractivity contribution < 1.29 is 4.74 Å². The molecule has 1 aromatic heterocycles. The van der Waals surface area contributed by atoms with Crippen molar-refractivity contribution in [1.82, 2.24) is 25.4 Å². The highest BCUT2D eigenvalue weighted by atomic mass is 127. The van der Waals surface area contributed by atoms with Crippen LogP contribution in [0.3, 0.4) is 0 Å². The highest BCUT2D eigenvalue weighted by Crippen LogP contribution is 2.31. The number of aryl methyl sites for hydroxylation is 1. The van der Waals surface area contributed by atoms with Gasteiger partial charge < -0.3 is 19.9 Å². The molecule has 1 aliphatic carbocycles. The number of allylic oxidation sites excluding steroid dienone is 1. The van der Waals surface area contributed by atoms with E-state index in [-0.39, 0.29) is 30.0 Å². The van der Waals surface area contributed by atoms with E-state index in [1.54, 1.807) is 5.57 Å². The number of rotatable bonds is 6. The Kier molecular flexibility index (Phi) is 8.74. The Morgan fingerprint density at radius 2 is 2.13 bits per heavy atom. The minimum atomic E-state index is 0. The summed E-state index contributed by atoms with van der Waals surface area (Å²) in [5.74, 6) is 3.52. The van der Waals surface area contributed by atoms with Crippen LogP contribution >= 0.6 is 24.0 Å². The molecule has 4 rings (SSSR count). The van der Waals surface area contributed by atoms with Crippen molar-refractivity contribution in [3.63, 3.8) is 0 Å².